The van der Waals surface area contributed by atoms with Crippen molar-refractivity contribution < 1.29 is 0 Å². The SMILES string of the molecule is C=CCn1c2cc(Br)ccc2c2ccc(Br)cc21. The van der Waals surface area contributed by atoms with Crippen LogP contribution in [-0.4, -0.2) is 4.57 Å². The van der Waals surface area contributed by atoms with E-state index in [1.54, 1.807) is 0 Å². The summed E-state index contributed by atoms with van der Waals surface area (Å²) in [4.78, 5) is 0. The first-order chi connectivity index (χ1) is 8.70. The average Bonchev–Trinajstić information content (AvgIpc) is 2.63. The normalized spacial score (nSPS) is 11.2. The lowest BCUT2D eigenvalue weighted by molar-refractivity contribution is 0.900. The Kier molecular flexibility index (Phi) is 3.04. The lowest BCUT2D eigenvalue weighted by Crippen LogP contribution is -1.93. The van der Waals surface area contributed by atoms with Crippen LogP contribution in [0.3, 0.4) is 0 Å². The first-order valence-corrected chi connectivity index (χ1v) is 7.27. The number of rotatable bonds is 2. The minimum Gasteiger partial charge on any atom is -0.337 e. The van der Waals surface area contributed by atoms with Crippen molar-refractivity contribution in [3.05, 3.63) is 58.0 Å². The molecule has 3 rings (SSSR count). The predicted molar refractivity (Wildman–Crippen MR) is 85.0 cm³/mol. The Morgan fingerprint density at radius 3 is 1.89 bits per heavy atom. The molecule has 0 aliphatic rings. The molecule has 0 amide bonds. The maximum atomic E-state index is 3.85. The van der Waals surface area contributed by atoms with Crippen LogP contribution in [0.5, 0.6) is 0 Å². The molecule has 0 aliphatic heterocycles. The van der Waals surface area contributed by atoms with Crippen molar-refractivity contribution in [2.24, 2.45) is 0 Å². The molecule has 0 saturated heterocycles. The fraction of sp³-hybridized carbons (Fsp3) is 0.0667. The summed E-state index contributed by atoms with van der Waals surface area (Å²) in [7, 11) is 0. The van der Waals surface area contributed by atoms with Crippen molar-refractivity contribution in [1.29, 1.82) is 0 Å². The van der Waals surface area contributed by atoms with Gasteiger partial charge in [0.1, 0.15) is 0 Å². The molecule has 0 unspecified atom stereocenters. The number of nitrogens with zero attached hydrogens (tertiary/aromatic N) is 1. The number of allylic oxidation sites excluding steroid dienone is 1. The summed E-state index contributed by atoms with van der Waals surface area (Å²) in [6.07, 6.45) is 1.93. The van der Waals surface area contributed by atoms with Gasteiger partial charge in [-0.3, -0.25) is 0 Å². The Bertz CT molecular complexity index is 697. The van der Waals surface area contributed by atoms with Gasteiger partial charge in [-0.2, -0.15) is 0 Å². The lowest BCUT2D eigenvalue weighted by atomic mass is 10.2. The Morgan fingerprint density at radius 2 is 1.44 bits per heavy atom. The Balaban J connectivity index is 2.51. The maximum absolute atomic E-state index is 3.85. The number of fused-ring (bicyclic) bond motifs is 3. The zero-order valence-corrected chi connectivity index (χ0v) is 12.8. The molecule has 2 aromatic carbocycles. The summed E-state index contributed by atoms with van der Waals surface area (Å²) in [5.41, 5.74) is 2.47. The van der Waals surface area contributed by atoms with Gasteiger partial charge in [0.25, 0.3) is 0 Å². The summed E-state index contributed by atoms with van der Waals surface area (Å²) in [6, 6.07) is 12.8. The molecule has 0 bridgehead atoms. The van der Waals surface area contributed by atoms with E-state index in [2.05, 4.69) is 79.4 Å². The monoisotopic (exact) mass is 363 g/mol. The van der Waals surface area contributed by atoms with Crippen LogP contribution in [-0.2, 0) is 6.54 Å². The van der Waals surface area contributed by atoms with Crippen molar-refractivity contribution in [3.8, 4) is 0 Å². The third-order valence-corrected chi connectivity index (χ3v) is 4.09. The molecule has 18 heavy (non-hydrogen) atoms. The van der Waals surface area contributed by atoms with Gasteiger partial charge in [-0.15, -0.1) is 6.58 Å². The second-order valence-corrected chi connectivity index (χ2v) is 6.05. The highest BCUT2D eigenvalue weighted by atomic mass is 79.9. The largest absolute Gasteiger partial charge is 0.337 e. The van der Waals surface area contributed by atoms with Crippen molar-refractivity contribution in [2.45, 2.75) is 6.54 Å². The molecule has 90 valence electrons. The summed E-state index contributed by atoms with van der Waals surface area (Å²) >= 11 is 7.08. The van der Waals surface area contributed by atoms with E-state index in [1.165, 1.54) is 21.8 Å². The number of hydrogen-bond donors (Lipinski definition) is 0. The standard InChI is InChI=1S/C15H11Br2N/c1-2-7-18-14-8-10(16)3-5-12(14)13-6-4-11(17)9-15(13)18/h2-6,8-9H,1,7H2. The van der Waals surface area contributed by atoms with E-state index in [0.717, 1.165) is 15.5 Å². The molecule has 0 radical (unpaired) electrons. The van der Waals surface area contributed by atoms with Crippen LogP contribution in [0.15, 0.2) is 58.0 Å². The van der Waals surface area contributed by atoms with Gasteiger partial charge in [0, 0.05) is 26.3 Å². The van der Waals surface area contributed by atoms with Crippen LogP contribution in [0.1, 0.15) is 0 Å². The molecule has 3 aromatic rings. The fourth-order valence-electron chi connectivity index (χ4n) is 2.37. The van der Waals surface area contributed by atoms with Crippen LogP contribution in [0.4, 0.5) is 0 Å². The van der Waals surface area contributed by atoms with E-state index < -0.39 is 0 Å². The highest BCUT2D eigenvalue weighted by molar-refractivity contribution is 9.10. The highest BCUT2D eigenvalue weighted by Crippen LogP contribution is 2.32. The van der Waals surface area contributed by atoms with E-state index in [1.807, 2.05) is 6.08 Å². The quantitative estimate of drug-likeness (QED) is 0.528. The zero-order valence-electron chi connectivity index (χ0n) is 9.66. The number of halogens is 2. The topological polar surface area (TPSA) is 4.93 Å². The maximum Gasteiger partial charge on any atom is 0.0505 e. The van der Waals surface area contributed by atoms with Crippen molar-refractivity contribution in [1.82, 2.24) is 4.57 Å². The van der Waals surface area contributed by atoms with E-state index in [4.69, 9.17) is 0 Å². The molecule has 1 heterocycles. The summed E-state index contributed by atoms with van der Waals surface area (Å²) in [5.74, 6) is 0. The van der Waals surface area contributed by atoms with Crippen molar-refractivity contribution in [3.63, 3.8) is 0 Å². The minimum absolute atomic E-state index is 0.812. The van der Waals surface area contributed by atoms with E-state index in [0.29, 0.717) is 0 Å². The molecule has 1 nitrogen and oxygen atoms in total. The number of aromatic nitrogens is 1. The summed E-state index contributed by atoms with van der Waals surface area (Å²) in [6.45, 7) is 4.66. The first kappa shape index (κ1) is 12.0. The second-order valence-electron chi connectivity index (χ2n) is 4.22. The minimum atomic E-state index is 0.812. The van der Waals surface area contributed by atoms with Crippen LogP contribution in [0.25, 0.3) is 21.8 Å². The van der Waals surface area contributed by atoms with Crippen molar-refractivity contribution >= 4 is 53.7 Å². The molecule has 0 spiro atoms. The van der Waals surface area contributed by atoms with Crippen LogP contribution < -0.4 is 0 Å². The smallest absolute Gasteiger partial charge is 0.0505 e. The van der Waals surface area contributed by atoms with Gasteiger partial charge in [-0.25, -0.2) is 0 Å². The second kappa shape index (κ2) is 4.56. The highest BCUT2D eigenvalue weighted by Gasteiger charge is 2.10. The average molecular weight is 365 g/mol. The third kappa shape index (κ3) is 1.82. The van der Waals surface area contributed by atoms with E-state index >= 15 is 0 Å². The molecular weight excluding hydrogens is 354 g/mol. The van der Waals surface area contributed by atoms with Crippen molar-refractivity contribution in [2.75, 3.05) is 0 Å². The van der Waals surface area contributed by atoms with Gasteiger partial charge >= 0.3 is 0 Å². The van der Waals surface area contributed by atoms with Gasteiger partial charge in [-0.1, -0.05) is 50.1 Å². The van der Waals surface area contributed by atoms with Gasteiger partial charge in [0.2, 0.25) is 0 Å². The molecule has 0 atom stereocenters. The molecule has 0 aliphatic carbocycles. The van der Waals surface area contributed by atoms with E-state index in [9.17, 15) is 0 Å². The Hall–Kier alpha value is -1.06. The lowest BCUT2D eigenvalue weighted by Gasteiger charge is -2.03. The van der Waals surface area contributed by atoms with Gasteiger partial charge < -0.3 is 4.57 Å². The van der Waals surface area contributed by atoms with Gasteiger partial charge in [0.15, 0.2) is 0 Å². The predicted octanol–water partition coefficient (Wildman–Crippen LogP) is 5.51. The Morgan fingerprint density at radius 1 is 0.944 bits per heavy atom. The molecule has 0 N–H and O–H groups in total. The number of hydrogen-bond acceptors (Lipinski definition) is 0. The Labute approximate surface area is 122 Å². The molecule has 3 heteroatoms. The number of benzene rings is 2. The van der Waals surface area contributed by atoms with Crippen LogP contribution in [0.2, 0.25) is 0 Å². The zero-order chi connectivity index (χ0) is 12.7. The van der Waals surface area contributed by atoms with Crippen LogP contribution in [0, 0.1) is 0 Å². The fourth-order valence-corrected chi connectivity index (χ4v) is 3.07. The molecular formula is C15H11Br2N. The molecule has 0 saturated carbocycles. The first-order valence-electron chi connectivity index (χ1n) is 5.68. The van der Waals surface area contributed by atoms with E-state index in [-0.39, 0.29) is 0 Å². The van der Waals surface area contributed by atoms with Gasteiger partial charge in [0.05, 0.1) is 11.0 Å². The molecule has 1 aromatic heterocycles. The van der Waals surface area contributed by atoms with Gasteiger partial charge in [-0.05, 0) is 24.3 Å². The van der Waals surface area contributed by atoms with Crippen LogP contribution >= 0.6 is 31.9 Å². The molecule has 0 fully saturated rings. The third-order valence-electron chi connectivity index (χ3n) is 3.10. The summed E-state index contributed by atoms with van der Waals surface area (Å²) in [5, 5.41) is 2.56. The summed E-state index contributed by atoms with van der Waals surface area (Å²) < 4.78 is 4.48.